The lowest BCUT2D eigenvalue weighted by molar-refractivity contribution is -0.659. The molecule has 0 unspecified atom stereocenters. The van der Waals surface area contributed by atoms with Gasteiger partial charge in [0.1, 0.15) is 7.05 Å². The first kappa shape index (κ1) is 27.3. The number of benzene rings is 4. The van der Waals surface area contributed by atoms with Gasteiger partial charge in [-0.15, -0.1) is 0 Å². The maximum atomic E-state index is 2.50. The zero-order chi connectivity index (χ0) is 28.7. The van der Waals surface area contributed by atoms with Crippen molar-refractivity contribution in [1.82, 2.24) is 0 Å². The summed E-state index contributed by atoms with van der Waals surface area (Å²) >= 11 is 2.01. The van der Waals surface area contributed by atoms with Gasteiger partial charge in [-0.25, -0.2) is 4.57 Å². The molecule has 0 spiro atoms. The molecule has 6 rings (SSSR count). The van der Waals surface area contributed by atoms with Gasteiger partial charge in [-0.1, -0.05) is 104 Å². The van der Waals surface area contributed by atoms with Crippen LogP contribution in [0.2, 0.25) is 0 Å². The second kappa shape index (κ2) is 9.35. The van der Waals surface area contributed by atoms with Crippen LogP contribution >= 0.6 is 11.8 Å². The van der Waals surface area contributed by atoms with Gasteiger partial charge >= 0.3 is 0 Å². The van der Waals surface area contributed by atoms with Crippen molar-refractivity contribution >= 4 is 44.1 Å². The van der Waals surface area contributed by atoms with Crippen LogP contribution in [0.3, 0.4) is 0 Å². The molecule has 40 heavy (non-hydrogen) atoms. The molecule has 4 aromatic carbocycles. The van der Waals surface area contributed by atoms with E-state index in [9.17, 15) is 0 Å². The van der Waals surface area contributed by atoms with E-state index in [1.807, 2.05) is 11.8 Å². The first-order chi connectivity index (χ1) is 18.7. The Kier molecular flexibility index (Phi) is 6.39. The minimum atomic E-state index is 0.0696. The highest BCUT2D eigenvalue weighted by Crippen LogP contribution is 2.54. The fraction of sp³-hybridized carbons (Fsp3) is 0.395. The summed E-state index contributed by atoms with van der Waals surface area (Å²) in [6.07, 6.45) is 4.46. The molecular formula is C38H44NS+. The zero-order valence-electron chi connectivity index (χ0n) is 26.0. The smallest absolute Gasteiger partial charge is 0.200 e. The van der Waals surface area contributed by atoms with Crippen LogP contribution in [0.5, 0.6) is 0 Å². The largest absolute Gasteiger partial charge is 0.222 e. The number of pyridine rings is 1. The maximum absolute atomic E-state index is 2.50. The standard InChI is InChI=1S/C38H44NS/c1-22(2)18-24-14-15-26-28(19-24)23(3)32-35-34-27(16-17-39(35)10)33-25(12-11-13-30(33)38(7,8)9)20-31(34)40-36(32)29(26)21-37(4,5)6/h11-17,19-20,22H,18,21H2,1-10H3/q+1. The van der Waals surface area contributed by atoms with E-state index in [0.29, 0.717) is 5.92 Å². The van der Waals surface area contributed by atoms with E-state index < -0.39 is 0 Å². The molecule has 0 saturated heterocycles. The first-order valence-electron chi connectivity index (χ1n) is 14.9. The van der Waals surface area contributed by atoms with Crippen molar-refractivity contribution < 1.29 is 4.57 Å². The van der Waals surface area contributed by atoms with Crippen LogP contribution in [0.4, 0.5) is 0 Å². The summed E-state index contributed by atoms with van der Waals surface area (Å²) < 4.78 is 2.38. The Morgan fingerprint density at radius 1 is 0.850 bits per heavy atom. The topological polar surface area (TPSA) is 3.88 Å². The van der Waals surface area contributed by atoms with E-state index in [2.05, 4.69) is 129 Å². The third kappa shape index (κ3) is 4.44. The molecule has 2 heteroatoms. The molecule has 0 bridgehead atoms. The van der Waals surface area contributed by atoms with E-state index >= 15 is 0 Å². The van der Waals surface area contributed by atoms with Gasteiger partial charge in [0.05, 0.1) is 10.9 Å². The Hall–Kier alpha value is -2.84. The predicted octanol–water partition coefficient (Wildman–Crippen LogP) is 10.5. The van der Waals surface area contributed by atoms with E-state index in [1.54, 1.807) is 0 Å². The minimum Gasteiger partial charge on any atom is -0.200 e. The molecule has 0 saturated carbocycles. The van der Waals surface area contributed by atoms with Gasteiger partial charge in [-0.2, -0.15) is 0 Å². The predicted molar refractivity (Wildman–Crippen MR) is 175 cm³/mol. The van der Waals surface area contributed by atoms with Crippen molar-refractivity contribution in [1.29, 1.82) is 0 Å². The summed E-state index contributed by atoms with van der Waals surface area (Å²) in [5.41, 5.74) is 8.86. The third-order valence-corrected chi connectivity index (χ3v) is 9.72. The van der Waals surface area contributed by atoms with Crippen molar-refractivity contribution in [3.63, 3.8) is 0 Å². The second-order valence-electron chi connectivity index (χ2n) is 14.7. The number of aryl methyl sites for hydroxylation is 2. The molecule has 2 heterocycles. The van der Waals surface area contributed by atoms with Gasteiger partial charge in [0, 0.05) is 21.2 Å². The second-order valence-corrected chi connectivity index (χ2v) is 15.8. The average molecular weight is 547 g/mol. The Morgan fingerprint density at radius 2 is 1.60 bits per heavy atom. The summed E-state index contributed by atoms with van der Waals surface area (Å²) in [6.45, 7) is 21.2. The van der Waals surface area contributed by atoms with Gasteiger partial charge in [0.15, 0.2) is 6.20 Å². The number of rotatable bonds is 3. The van der Waals surface area contributed by atoms with Crippen molar-refractivity contribution in [2.45, 2.75) is 90.4 Å². The highest BCUT2D eigenvalue weighted by Gasteiger charge is 2.34. The summed E-state index contributed by atoms with van der Waals surface area (Å²) in [5.74, 6) is 0.642. The first-order valence-corrected chi connectivity index (χ1v) is 15.7. The lowest BCUT2D eigenvalue weighted by Gasteiger charge is -2.29. The zero-order valence-corrected chi connectivity index (χ0v) is 26.9. The van der Waals surface area contributed by atoms with Crippen LogP contribution in [0, 0.1) is 18.3 Å². The number of hydrogen-bond donors (Lipinski definition) is 0. The average Bonchev–Trinajstić information content (AvgIpc) is 2.85. The monoisotopic (exact) mass is 546 g/mol. The number of nitrogens with zero attached hydrogens (tertiary/aromatic N) is 1. The van der Waals surface area contributed by atoms with Crippen molar-refractivity contribution in [2.24, 2.45) is 18.4 Å². The minimum absolute atomic E-state index is 0.0696. The Morgan fingerprint density at radius 3 is 2.27 bits per heavy atom. The summed E-state index contributed by atoms with van der Waals surface area (Å²) in [5, 5.41) is 8.41. The molecular weight excluding hydrogens is 502 g/mol. The normalized spacial score (nSPS) is 13.6. The number of hydrogen-bond acceptors (Lipinski definition) is 1. The quantitative estimate of drug-likeness (QED) is 0.158. The molecule has 206 valence electrons. The van der Waals surface area contributed by atoms with Crippen LogP contribution in [0.25, 0.3) is 43.6 Å². The Labute approximate surface area is 245 Å². The molecule has 0 N–H and O–H groups in total. The molecule has 0 amide bonds. The fourth-order valence-corrected chi connectivity index (χ4v) is 8.24. The maximum Gasteiger partial charge on any atom is 0.222 e. The van der Waals surface area contributed by atoms with Crippen LogP contribution < -0.4 is 4.57 Å². The number of aromatic nitrogens is 1. The van der Waals surface area contributed by atoms with Crippen LogP contribution in [-0.2, 0) is 25.3 Å². The van der Waals surface area contributed by atoms with Gasteiger partial charge in [0.2, 0.25) is 5.69 Å². The van der Waals surface area contributed by atoms with Crippen molar-refractivity contribution in [2.75, 3.05) is 0 Å². The number of fused-ring (bicyclic) bond motifs is 5. The molecule has 1 nitrogen and oxygen atoms in total. The molecule has 0 atom stereocenters. The molecule has 0 fully saturated rings. The third-order valence-electron chi connectivity index (χ3n) is 8.52. The van der Waals surface area contributed by atoms with E-state index in [1.165, 1.54) is 75.6 Å². The summed E-state index contributed by atoms with van der Waals surface area (Å²) in [7, 11) is 2.24. The van der Waals surface area contributed by atoms with Gasteiger partial charge in [-0.05, 0) is 86.4 Å². The SMILES string of the molecule is Cc1c2c(c(CC(C)(C)C)c3ccc(CC(C)C)cc13)Sc1cc3cccc(C(C)(C)C)c3c3cc[n+](C)c-2c13. The highest BCUT2D eigenvalue weighted by atomic mass is 32.2. The molecule has 1 aliphatic rings. The van der Waals surface area contributed by atoms with Gasteiger partial charge in [-0.3, -0.25) is 0 Å². The van der Waals surface area contributed by atoms with Crippen LogP contribution in [-0.4, -0.2) is 0 Å². The van der Waals surface area contributed by atoms with Gasteiger partial charge in [0.25, 0.3) is 0 Å². The molecule has 0 aliphatic carbocycles. The molecule has 1 aliphatic heterocycles. The van der Waals surface area contributed by atoms with Crippen molar-refractivity contribution in [3.05, 3.63) is 77.0 Å². The lowest BCUT2D eigenvalue weighted by atomic mass is 9.81. The van der Waals surface area contributed by atoms with E-state index in [4.69, 9.17) is 0 Å². The van der Waals surface area contributed by atoms with E-state index in [-0.39, 0.29) is 10.8 Å². The molecule has 5 aromatic rings. The van der Waals surface area contributed by atoms with Crippen LogP contribution in [0.1, 0.15) is 77.6 Å². The lowest BCUT2D eigenvalue weighted by Crippen LogP contribution is -2.32. The molecule has 1 aromatic heterocycles. The summed E-state index contributed by atoms with van der Waals surface area (Å²) in [4.78, 5) is 2.84. The molecule has 0 radical (unpaired) electrons. The Bertz CT molecular complexity index is 1830. The van der Waals surface area contributed by atoms with Gasteiger partial charge < -0.3 is 0 Å². The van der Waals surface area contributed by atoms with Crippen LogP contribution in [0.15, 0.2) is 64.5 Å². The Balaban J connectivity index is 1.78. The van der Waals surface area contributed by atoms with E-state index in [0.717, 1.165) is 12.8 Å². The highest BCUT2D eigenvalue weighted by molar-refractivity contribution is 8.00. The summed E-state index contributed by atoms with van der Waals surface area (Å²) in [6, 6.07) is 19.0. The fourth-order valence-electron chi connectivity index (χ4n) is 6.87. The van der Waals surface area contributed by atoms with Crippen molar-refractivity contribution in [3.8, 4) is 11.3 Å².